The number of piperazine rings is 1. The summed E-state index contributed by atoms with van der Waals surface area (Å²) in [6, 6.07) is 7.02. The molecule has 1 amide bonds. The minimum absolute atomic E-state index is 0.0986. The Labute approximate surface area is 154 Å². The van der Waals surface area contributed by atoms with Gasteiger partial charge in [0.2, 0.25) is 5.91 Å². The molecule has 5 nitrogen and oxygen atoms in total. The summed E-state index contributed by atoms with van der Waals surface area (Å²) >= 11 is 0. The van der Waals surface area contributed by atoms with Crippen LogP contribution in [0.5, 0.6) is 0 Å². The molecule has 1 saturated heterocycles. The molecule has 0 radical (unpaired) electrons. The summed E-state index contributed by atoms with van der Waals surface area (Å²) in [6.07, 6.45) is 4.55. The molecule has 0 unspecified atom stereocenters. The first kappa shape index (κ1) is 18.7. The van der Waals surface area contributed by atoms with Gasteiger partial charge in [-0.3, -0.25) is 9.69 Å². The van der Waals surface area contributed by atoms with E-state index in [-0.39, 0.29) is 11.5 Å². The highest BCUT2D eigenvalue weighted by Gasteiger charge is 2.24. The number of halogens is 1. The summed E-state index contributed by atoms with van der Waals surface area (Å²) in [7, 11) is 0. The first-order valence-electron chi connectivity index (χ1n) is 9.52. The molecule has 1 heterocycles. The van der Waals surface area contributed by atoms with Gasteiger partial charge >= 0.3 is 0 Å². The van der Waals surface area contributed by atoms with Gasteiger partial charge in [0.15, 0.2) is 0 Å². The number of rotatable bonds is 4. The lowest BCUT2D eigenvalue weighted by Gasteiger charge is -2.36. The van der Waals surface area contributed by atoms with Gasteiger partial charge in [-0.2, -0.15) is 5.26 Å². The second-order valence-electron chi connectivity index (χ2n) is 7.53. The maximum Gasteiger partial charge on any atom is 0.234 e. The van der Waals surface area contributed by atoms with Gasteiger partial charge in [-0.15, -0.1) is 0 Å². The highest BCUT2D eigenvalue weighted by molar-refractivity contribution is 5.78. The Balaban J connectivity index is 1.48. The number of amides is 1. The van der Waals surface area contributed by atoms with Crippen molar-refractivity contribution in [2.75, 3.05) is 37.6 Å². The number of nitrogens with one attached hydrogen (secondary N) is 1. The molecule has 2 fully saturated rings. The topological polar surface area (TPSA) is 59.4 Å². The predicted molar refractivity (Wildman–Crippen MR) is 99.3 cm³/mol. The minimum Gasteiger partial charge on any atom is -0.368 e. The second-order valence-corrected chi connectivity index (χ2v) is 7.53. The van der Waals surface area contributed by atoms with Crippen LogP contribution in [-0.4, -0.2) is 49.6 Å². The molecule has 26 heavy (non-hydrogen) atoms. The van der Waals surface area contributed by atoms with E-state index in [1.54, 1.807) is 12.1 Å². The predicted octanol–water partition coefficient (Wildman–Crippen LogP) is 2.51. The maximum absolute atomic E-state index is 13.8. The van der Waals surface area contributed by atoms with Crippen molar-refractivity contribution < 1.29 is 9.18 Å². The zero-order valence-electron chi connectivity index (χ0n) is 15.4. The monoisotopic (exact) mass is 358 g/mol. The molecule has 1 aromatic rings. The Bertz CT molecular complexity index is 671. The molecule has 1 aliphatic carbocycles. The van der Waals surface area contributed by atoms with Crippen LogP contribution in [0.2, 0.25) is 0 Å². The second kappa shape index (κ2) is 8.50. The van der Waals surface area contributed by atoms with E-state index in [0.717, 1.165) is 31.8 Å². The Hall–Kier alpha value is -2.13. The van der Waals surface area contributed by atoms with Crippen molar-refractivity contribution in [1.82, 2.24) is 10.2 Å². The number of hydrogen-bond acceptors (Lipinski definition) is 4. The van der Waals surface area contributed by atoms with E-state index in [0.29, 0.717) is 31.4 Å². The van der Waals surface area contributed by atoms with Crippen LogP contribution in [0.4, 0.5) is 10.1 Å². The van der Waals surface area contributed by atoms with E-state index < -0.39 is 5.82 Å². The van der Waals surface area contributed by atoms with Crippen LogP contribution in [0.15, 0.2) is 18.2 Å². The number of nitriles is 1. The SMILES string of the molecule is CC1CCC(NC(=O)CN2CCN(c3cccc(F)c3C#N)CC2)CC1. The van der Waals surface area contributed by atoms with Gasteiger partial charge in [0.1, 0.15) is 17.4 Å². The van der Waals surface area contributed by atoms with E-state index in [9.17, 15) is 14.4 Å². The van der Waals surface area contributed by atoms with E-state index >= 15 is 0 Å². The number of anilines is 1. The molecule has 3 rings (SSSR count). The molecule has 0 spiro atoms. The van der Waals surface area contributed by atoms with Gasteiger partial charge in [-0.1, -0.05) is 13.0 Å². The average molecular weight is 358 g/mol. The van der Waals surface area contributed by atoms with Crippen LogP contribution >= 0.6 is 0 Å². The molecule has 0 bridgehead atoms. The standard InChI is InChI=1S/C20H27FN4O/c1-15-5-7-16(8-6-15)23-20(26)14-24-9-11-25(12-10-24)19-4-2-3-18(21)17(19)13-22/h2-4,15-16H,5-12,14H2,1H3,(H,23,26). The van der Waals surface area contributed by atoms with Crippen LogP contribution in [0.3, 0.4) is 0 Å². The number of carbonyl (C=O) groups is 1. The molecule has 6 heteroatoms. The van der Waals surface area contributed by atoms with Crippen molar-refractivity contribution in [1.29, 1.82) is 5.26 Å². The fourth-order valence-electron chi connectivity index (χ4n) is 3.91. The van der Waals surface area contributed by atoms with Crippen LogP contribution in [0.1, 0.15) is 38.2 Å². The highest BCUT2D eigenvalue weighted by Crippen LogP contribution is 2.24. The molecule has 0 atom stereocenters. The number of carbonyl (C=O) groups excluding carboxylic acids is 1. The quantitative estimate of drug-likeness (QED) is 0.898. The number of hydrogen-bond donors (Lipinski definition) is 1. The van der Waals surface area contributed by atoms with E-state index in [2.05, 4.69) is 17.1 Å². The lowest BCUT2D eigenvalue weighted by atomic mass is 9.87. The third kappa shape index (κ3) is 4.53. The van der Waals surface area contributed by atoms with Crippen molar-refractivity contribution in [3.8, 4) is 6.07 Å². The summed E-state index contributed by atoms with van der Waals surface area (Å²) in [6.45, 7) is 5.52. The first-order chi connectivity index (χ1) is 12.6. The average Bonchev–Trinajstić information content (AvgIpc) is 2.64. The van der Waals surface area contributed by atoms with Crippen molar-refractivity contribution in [2.45, 2.75) is 38.6 Å². The highest BCUT2D eigenvalue weighted by atomic mass is 19.1. The zero-order chi connectivity index (χ0) is 18.5. The van der Waals surface area contributed by atoms with Crippen molar-refractivity contribution in [2.24, 2.45) is 5.92 Å². The molecule has 0 aromatic heterocycles. The summed E-state index contributed by atoms with van der Waals surface area (Å²) in [4.78, 5) is 16.5. The Morgan fingerprint density at radius 1 is 1.23 bits per heavy atom. The van der Waals surface area contributed by atoms with Gasteiger partial charge in [0.05, 0.1) is 12.2 Å². The maximum atomic E-state index is 13.8. The van der Waals surface area contributed by atoms with Crippen molar-refractivity contribution in [3.63, 3.8) is 0 Å². The fourth-order valence-corrected chi connectivity index (χ4v) is 3.91. The van der Waals surface area contributed by atoms with Crippen LogP contribution in [-0.2, 0) is 4.79 Å². The zero-order valence-corrected chi connectivity index (χ0v) is 15.4. The molecule has 2 aliphatic rings. The van der Waals surface area contributed by atoms with E-state index in [1.165, 1.54) is 18.9 Å². The van der Waals surface area contributed by atoms with Gasteiger partial charge in [-0.05, 0) is 43.7 Å². The van der Waals surface area contributed by atoms with Gasteiger partial charge in [0, 0.05) is 32.2 Å². The first-order valence-corrected chi connectivity index (χ1v) is 9.52. The largest absolute Gasteiger partial charge is 0.368 e. The van der Waals surface area contributed by atoms with Crippen LogP contribution in [0, 0.1) is 23.1 Å². The van der Waals surface area contributed by atoms with Gasteiger partial charge in [0.25, 0.3) is 0 Å². The molecular weight excluding hydrogens is 331 g/mol. The number of benzene rings is 1. The Morgan fingerprint density at radius 2 is 1.92 bits per heavy atom. The smallest absolute Gasteiger partial charge is 0.234 e. The fraction of sp³-hybridized carbons (Fsp3) is 0.600. The normalized spacial score (nSPS) is 24.1. The van der Waals surface area contributed by atoms with Crippen molar-refractivity contribution >= 4 is 11.6 Å². The molecule has 1 N–H and O–H groups in total. The van der Waals surface area contributed by atoms with E-state index in [1.807, 2.05) is 11.0 Å². The molecule has 1 saturated carbocycles. The molecule has 1 aromatic carbocycles. The van der Waals surface area contributed by atoms with Crippen LogP contribution in [0.25, 0.3) is 0 Å². The summed E-state index contributed by atoms with van der Waals surface area (Å²) in [5, 5.41) is 12.4. The third-order valence-corrected chi connectivity index (χ3v) is 5.56. The van der Waals surface area contributed by atoms with Crippen molar-refractivity contribution in [3.05, 3.63) is 29.6 Å². The Morgan fingerprint density at radius 3 is 2.58 bits per heavy atom. The minimum atomic E-state index is -0.478. The lowest BCUT2D eigenvalue weighted by molar-refractivity contribution is -0.123. The summed E-state index contributed by atoms with van der Waals surface area (Å²) < 4.78 is 13.8. The lowest BCUT2D eigenvalue weighted by Crippen LogP contribution is -2.51. The van der Waals surface area contributed by atoms with Crippen LogP contribution < -0.4 is 10.2 Å². The molecular formula is C20H27FN4O. The summed E-state index contributed by atoms with van der Waals surface area (Å²) in [5.74, 6) is 0.396. The molecule has 1 aliphatic heterocycles. The Kier molecular flexibility index (Phi) is 6.10. The summed E-state index contributed by atoms with van der Waals surface area (Å²) in [5.41, 5.74) is 0.748. The van der Waals surface area contributed by atoms with E-state index in [4.69, 9.17) is 0 Å². The molecule has 140 valence electrons. The third-order valence-electron chi connectivity index (χ3n) is 5.56. The number of nitrogens with zero attached hydrogens (tertiary/aromatic N) is 3. The van der Waals surface area contributed by atoms with Gasteiger partial charge in [-0.25, -0.2) is 4.39 Å². The van der Waals surface area contributed by atoms with Gasteiger partial charge < -0.3 is 10.2 Å².